The van der Waals surface area contributed by atoms with Gasteiger partial charge in [-0.1, -0.05) is 77.9 Å². The SMILES string of the molecule is Cc1ccc(CN(Cc2ccc(/C=C(/C#N)C(=O)N[C@@H](C)c3ccccc3)o2)S(=O)(=O)c2ccc(C)cc2)cc1. The van der Waals surface area contributed by atoms with Gasteiger partial charge in [-0.25, -0.2) is 8.42 Å². The smallest absolute Gasteiger partial charge is 0.262 e. The molecule has 1 atom stereocenters. The number of furan rings is 1. The molecule has 4 rings (SSSR count). The summed E-state index contributed by atoms with van der Waals surface area (Å²) in [5.74, 6) is 0.126. The molecule has 0 saturated heterocycles. The van der Waals surface area contributed by atoms with Crippen molar-refractivity contribution < 1.29 is 17.6 Å². The average molecular weight is 554 g/mol. The minimum Gasteiger partial charge on any atom is -0.460 e. The highest BCUT2D eigenvalue weighted by atomic mass is 32.2. The average Bonchev–Trinajstić information content (AvgIpc) is 3.40. The summed E-state index contributed by atoms with van der Waals surface area (Å²) in [4.78, 5) is 12.9. The summed E-state index contributed by atoms with van der Waals surface area (Å²) < 4.78 is 34.5. The second-order valence-electron chi connectivity index (χ2n) is 9.65. The number of carbonyl (C=O) groups is 1. The molecule has 1 amide bonds. The Hall–Kier alpha value is -4.45. The van der Waals surface area contributed by atoms with Gasteiger partial charge in [0.25, 0.3) is 5.91 Å². The summed E-state index contributed by atoms with van der Waals surface area (Å²) in [5, 5.41) is 12.4. The molecule has 0 radical (unpaired) electrons. The van der Waals surface area contributed by atoms with Gasteiger partial charge in [-0.2, -0.15) is 9.57 Å². The standard InChI is InChI=1S/C32H31N3O4S/c1-23-9-13-26(14-10-23)21-35(40(37,38)31-17-11-24(2)12-18-31)22-30-16-15-29(39-30)19-28(20-33)32(36)34-25(3)27-7-5-4-6-8-27/h4-19,25H,21-22H2,1-3H3,(H,34,36)/b28-19-/t25-/m0/s1. The fourth-order valence-corrected chi connectivity index (χ4v) is 5.50. The van der Waals surface area contributed by atoms with Gasteiger partial charge in [0.1, 0.15) is 23.2 Å². The highest BCUT2D eigenvalue weighted by molar-refractivity contribution is 7.89. The van der Waals surface area contributed by atoms with Crippen LogP contribution in [0.4, 0.5) is 0 Å². The van der Waals surface area contributed by atoms with Gasteiger partial charge in [0.15, 0.2) is 0 Å². The maximum Gasteiger partial charge on any atom is 0.262 e. The number of rotatable bonds is 10. The normalized spacial score (nSPS) is 12.6. The zero-order valence-corrected chi connectivity index (χ0v) is 23.5. The van der Waals surface area contributed by atoms with Crippen molar-refractivity contribution in [2.45, 2.75) is 44.8 Å². The molecule has 1 aromatic heterocycles. The van der Waals surface area contributed by atoms with E-state index in [0.717, 1.165) is 22.3 Å². The predicted molar refractivity (Wildman–Crippen MR) is 154 cm³/mol. The summed E-state index contributed by atoms with van der Waals surface area (Å²) in [6.45, 7) is 5.82. The van der Waals surface area contributed by atoms with Gasteiger partial charge in [-0.3, -0.25) is 4.79 Å². The lowest BCUT2D eigenvalue weighted by atomic mass is 10.1. The van der Waals surface area contributed by atoms with E-state index in [1.807, 2.05) is 81.4 Å². The van der Waals surface area contributed by atoms with E-state index in [1.165, 1.54) is 10.4 Å². The van der Waals surface area contributed by atoms with Crippen molar-refractivity contribution >= 4 is 22.0 Å². The summed E-state index contributed by atoms with van der Waals surface area (Å²) in [7, 11) is -3.85. The van der Waals surface area contributed by atoms with Crippen LogP contribution in [0.3, 0.4) is 0 Å². The van der Waals surface area contributed by atoms with Crippen LogP contribution >= 0.6 is 0 Å². The molecule has 0 unspecified atom stereocenters. The maximum atomic E-state index is 13.6. The van der Waals surface area contributed by atoms with Gasteiger partial charge in [0.2, 0.25) is 10.0 Å². The van der Waals surface area contributed by atoms with E-state index in [9.17, 15) is 18.5 Å². The fraction of sp³-hybridized carbons (Fsp3) is 0.188. The lowest BCUT2D eigenvalue weighted by Gasteiger charge is -2.21. The maximum absolute atomic E-state index is 13.6. The summed E-state index contributed by atoms with van der Waals surface area (Å²) in [5.41, 5.74) is 3.67. The van der Waals surface area contributed by atoms with Crippen molar-refractivity contribution in [2.24, 2.45) is 0 Å². The summed E-state index contributed by atoms with van der Waals surface area (Å²) in [6, 6.07) is 28.7. The fourth-order valence-electron chi connectivity index (χ4n) is 4.10. The van der Waals surface area contributed by atoms with Crippen molar-refractivity contribution in [3.8, 4) is 6.07 Å². The van der Waals surface area contributed by atoms with Crippen LogP contribution in [-0.4, -0.2) is 18.6 Å². The molecule has 1 heterocycles. The second kappa shape index (κ2) is 12.6. The third-order valence-electron chi connectivity index (χ3n) is 6.45. The Labute approximate surface area is 235 Å². The highest BCUT2D eigenvalue weighted by Gasteiger charge is 2.26. The number of sulfonamides is 1. The molecule has 0 bridgehead atoms. The molecule has 4 aromatic rings. The summed E-state index contributed by atoms with van der Waals surface area (Å²) >= 11 is 0. The number of nitriles is 1. The third-order valence-corrected chi connectivity index (χ3v) is 8.26. The largest absolute Gasteiger partial charge is 0.460 e. The number of amides is 1. The van der Waals surface area contributed by atoms with Crippen molar-refractivity contribution in [3.63, 3.8) is 0 Å². The van der Waals surface area contributed by atoms with Crippen molar-refractivity contribution in [2.75, 3.05) is 0 Å². The molecule has 7 nitrogen and oxygen atoms in total. The topological polar surface area (TPSA) is 103 Å². The van der Waals surface area contributed by atoms with Crippen molar-refractivity contribution in [3.05, 3.63) is 130 Å². The molecule has 8 heteroatoms. The number of hydrogen-bond donors (Lipinski definition) is 1. The van der Waals surface area contributed by atoms with E-state index in [-0.39, 0.29) is 35.4 Å². The van der Waals surface area contributed by atoms with E-state index in [2.05, 4.69) is 5.32 Å². The predicted octanol–water partition coefficient (Wildman–Crippen LogP) is 6.07. The molecule has 1 N–H and O–H groups in total. The molecule has 0 fully saturated rings. The van der Waals surface area contributed by atoms with Crippen LogP contribution < -0.4 is 5.32 Å². The Bertz CT molecular complexity index is 1630. The summed E-state index contributed by atoms with van der Waals surface area (Å²) in [6.07, 6.45) is 1.36. The minimum absolute atomic E-state index is 0.0307. The van der Waals surface area contributed by atoms with Gasteiger partial charge < -0.3 is 9.73 Å². The number of benzene rings is 3. The van der Waals surface area contributed by atoms with Gasteiger partial charge in [-0.05, 0) is 56.2 Å². The third kappa shape index (κ3) is 7.14. The first-order valence-electron chi connectivity index (χ1n) is 12.8. The van der Waals surface area contributed by atoms with Crippen LogP contribution in [0, 0.1) is 25.2 Å². The molecule has 3 aromatic carbocycles. The number of carbonyl (C=O) groups excluding carboxylic acids is 1. The van der Waals surface area contributed by atoms with Gasteiger partial charge >= 0.3 is 0 Å². The molecule has 0 saturated carbocycles. The first-order valence-corrected chi connectivity index (χ1v) is 14.3. The molecule has 0 spiro atoms. The first-order chi connectivity index (χ1) is 19.2. The van der Waals surface area contributed by atoms with Crippen LogP contribution in [0.25, 0.3) is 6.08 Å². The zero-order chi connectivity index (χ0) is 28.7. The Balaban J connectivity index is 1.56. The monoisotopic (exact) mass is 553 g/mol. The Morgan fingerprint density at radius 2 is 1.55 bits per heavy atom. The Morgan fingerprint density at radius 1 is 0.925 bits per heavy atom. The van der Waals surface area contributed by atoms with Gasteiger partial charge in [0, 0.05) is 12.6 Å². The number of nitrogens with one attached hydrogen (secondary N) is 1. The highest BCUT2D eigenvalue weighted by Crippen LogP contribution is 2.23. The Morgan fingerprint density at radius 3 is 2.17 bits per heavy atom. The number of aryl methyl sites for hydroxylation is 2. The lowest BCUT2D eigenvalue weighted by molar-refractivity contribution is -0.117. The molecule has 0 aliphatic heterocycles. The van der Waals surface area contributed by atoms with E-state index in [0.29, 0.717) is 5.76 Å². The molecular formula is C32H31N3O4S. The van der Waals surface area contributed by atoms with Crippen LogP contribution in [0.15, 0.2) is 106 Å². The van der Waals surface area contributed by atoms with E-state index in [1.54, 1.807) is 36.4 Å². The van der Waals surface area contributed by atoms with Gasteiger partial charge in [-0.15, -0.1) is 0 Å². The molecular weight excluding hydrogens is 522 g/mol. The van der Waals surface area contributed by atoms with Crippen molar-refractivity contribution in [1.29, 1.82) is 5.26 Å². The Kier molecular flexibility index (Phi) is 9.00. The van der Waals surface area contributed by atoms with Crippen molar-refractivity contribution in [1.82, 2.24) is 9.62 Å². The molecule has 0 aliphatic rings. The molecule has 204 valence electrons. The molecule has 0 aliphatic carbocycles. The first kappa shape index (κ1) is 28.6. The van der Waals surface area contributed by atoms with Crippen LogP contribution in [0.5, 0.6) is 0 Å². The minimum atomic E-state index is -3.85. The quantitative estimate of drug-likeness (QED) is 0.190. The van der Waals surface area contributed by atoms with E-state index < -0.39 is 15.9 Å². The van der Waals surface area contributed by atoms with Gasteiger partial charge in [0.05, 0.1) is 17.5 Å². The van der Waals surface area contributed by atoms with Crippen LogP contribution in [-0.2, 0) is 27.9 Å². The van der Waals surface area contributed by atoms with E-state index >= 15 is 0 Å². The second-order valence-corrected chi connectivity index (χ2v) is 11.6. The van der Waals surface area contributed by atoms with Crippen LogP contribution in [0.1, 0.15) is 46.7 Å². The zero-order valence-electron chi connectivity index (χ0n) is 22.7. The number of hydrogen-bond acceptors (Lipinski definition) is 5. The van der Waals surface area contributed by atoms with Crippen LogP contribution in [0.2, 0.25) is 0 Å². The van der Waals surface area contributed by atoms with E-state index in [4.69, 9.17) is 4.42 Å². The molecule has 40 heavy (non-hydrogen) atoms. The number of nitrogens with zero attached hydrogens (tertiary/aromatic N) is 2. The lowest BCUT2D eigenvalue weighted by Crippen LogP contribution is -2.30.